The van der Waals surface area contributed by atoms with Crippen LogP contribution in [0.5, 0.6) is 11.5 Å². The molecular weight excluding hydrogens is 451 g/mol. The number of ether oxygens (including phenoxy) is 2. The van der Waals surface area contributed by atoms with Gasteiger partial charge in [0, 0.05) is 5.02 Å². The van der Waals surface area contributed by atoms with Gasteiger partial charge in [-0.2, -0.15) is 5.10 Å². The summed E-state index contributed by atoms with van der Waals surface area (Å²) in [6.45, 7) is 1.92. The van der Waals surface area contributed by atoms with E-state index in [0.29, 0.717) is 22.1 Å². The minimum Gasteiger partial charge on any atom is -0.484 e. The highest BCUT2D eigenvalue weighted by Gasteiger charge is 2.13. The number of hydrogen-bond acceptors (Lipinski definition) is 5. The van der Waals surface area contributed by atoms with E-state index in [1.165, 1.54) is 23.9 Å². The number of rotatable bonds is 8. The van der Waals surface area contributed by atoms with Crippen molar-refractivity contribution in [3.05, 3.63) is 93.5 Å². The van der Waals surface area contributed by atoms with E-state index < -0.39 is 5.97 Å². The predicted octanol–water partition coefficient (Wildman–Crippen LogP) is 5.30. The Hall–Kier alpha value is -3.35. The predicted molar refractivity (Wildman–Crippen MR) is 125 cm³/mol. The molecule has 0 atom stereocenters. The lowest BCUT2D eigenvalue weighted by Crippen LogP contribution is -2.24. The smallest absolute Gasteiger partial charge is 0.345 e. The molecule has 1 N–H and O–H groups in total. The van der Waals surface area contributed by atoms with Crippen LogP contribution in [0.4, 0.5) is 0 Å². The monoisotopic (exact) mass is 470 g/mol. The second-order valence-electron chi connectivity index (χ2n) is 6.66. The third-order valence-corrected chi connectivity index (χ3v) is 4.89. The molecule has 32 heavy (non-hydrogen) atoms. The second-order valence-corrected chi connectivity index (χ2v) is 7.51. The van der Waals surface area contributed by atoms with Crippen molar-refractivity contribution < 1.29 is 19.1 Å². The van der Waals surface area contributed by atoms with Crippen molar-refractivity contribution in [3.63, 3.8) is 0 Å². The molecule has 0 aliphatic rings. The molecule has 0 radical (unpaired) electrons. The van der Waals surface area contributed by atoms with Crippen molar-refractivity contribution in [2.75, 3.05) is 6.61 Å². The molecule has 1 amide bonds. The molecule has 0 fully saturated rings. The van der Waals surface area contributed by atoms with Crippen LogP contribution in [0.3, 0.4) is 0 Å². The summed E-state index contributed by atoms with van der Waals surface area (Å²) in [5.74, 6) is -0.0214. The van der Waals surface area contributed by atoms with E-state index in [-0.39, 0.29) is 23.1 Å². The van der Waals surface area contributed by atoms with Crippen LogP contribution in [0.2, 0.25) is 10.0 Å². The summed E-state index contributed by atoms with van der Waals surface area (Å²) >= 11 is 11.9. The normalized spacial score (nSPS) is 10.7. The van der Waals surface area contributed by atoms with Crippen molar-refractivity contribution >= 4 is 41.3 Å². The summed E-state index contributed by atoms with van der Waals surface area (Å²) in [5, 5.41) is 4.54. The van der Waals surface area contributed by atoms with Crippen molar-refractivity contribution in [2.24, 2.45) is 5.10 Å². The van der Waals surface area contributed by atoms with Crippen LogP contribution in [-0.4, -0.2) is 24.7 Å². The van der Waals surface area contributed by atoms with Gasteiger partial charge in [-0.05, 0) is 72.1 Å². The number of aryl methyl sites for hydroxylation is 1. The summed E-state index contributed by atoms with van der Waals surface area (Å²) < 4.78 is 10.7. The standard InChI is InChI=1S/C24H20Cl2N2O4/c1-2-16-3-8-19(9-4-16)31-15-23(29)28-27-14-17-5-10-20(11-6-17)32-24(30)21-12-7-18(25)13-22(21)26/h3-14H,2,15H2,1H3,(H,28,29)/b27-14+. The Labute approximate surface area is 195 Å². The number of carbonyl (C=O) groups excluding carboxylic acids is 2. The summed E-state index contributed by atoms with van der Waals surface area (Å²) in [7, 11) is 0. The topological polar surface area (TPSA) is 77.0 Å². The van der Waals surface area contributed by atoms with Gasteiger partial charge in [-0.15, -0.1) is 0 Å². The average molecular weight is 471 g/mol. The van der Waals surface area contributed by atoms with E-state index in [1.807, 2.05) is 24.3 Å². The van der Waals surface area contributed by atoms with Crippen LogP contribution in [0, 0.1) is 0 Å². The zero-order valence-corrected chi connectivity index (χ0v) is 18.7. The minimum absolute atomic E-state index is 0.148. The summed E-state index contributed by atoms with van der Waals surface area (Å²) in [6, 6.07) is 18.7. The lowest BCUT2D eigenvalue weighted by molar-refractivity contribution is -0.123. The molecule has 3 aromatic rings. The first-order valence-electron chi connectivity index (χ1n) is 9.75. The number of nitrogens with one attached hydrogen (secondary N) is 1. The fourth-order valence-corrected chi connectivity index (χ4v) is 3.11. The minimum atomic E-state index is -0.593. The number of carbonyl (C=O) groups is 2. The quantitative estimate of drug-likeness (QED) is 0.209. The number of hydrazone groups is 1. The maximum Gasteiger partial charge on any atom is 0.345 e. The Balaban J connectivity index is 1.47. The molecule has 0 bridgehead atoms. The first-order chi connectivity index (χ1) is 15.4. The van der Waals surface area contributed by atoms with E-state index in [1.54, 1.807) is 30.3 Å². The number of hydrogen-bond donors (Lipinski definition) is 1. The van der Waals surface area contributed by atoms with E-state index in [2.05, 4.69) is 17.5 Å². The first kappa shape index (κ1) is 23.3. The van der Waals surface area contributed by atoms with E-state index in [0.717, 1.165) is 6.42 Å². The van der Waals surface area contributed by atoms with Gasteiger partial charge in [0.05, 0.1) is 16.8 Å². The van der Waals surface area contributed by atoms with Crippen molar-refractivity contribution in [2.45, 2.75) is 13.3 Å². The molecule has 0 unspecified atom stereocenters. The first-order valence-corrected chi connectivity index (χ1v) is 10.5. The molecular formula is C24H20Cl2N2O4. The maximum absolute atomic E-state index is 12.2. The van der Waals surface area contributed by atoms with E-state index in [9.17, 15) is 9.59 Å². The van der Waals surface area contributed by atoms with Gasteiger partial charge in [0.15, 0.2) is 6.61 Å². The third kappa shape index (κ3) is 6.83. The van der Waals surface area contributed by atoms with Crippen LogP contribution in [0.1, 0.15) is 28.4 Å². The van der Waals surface area contributed by atoms with Crippen LogP contribution in [0.15, 0.2) is 71.8 Å². The largest absolute Gasteiger partial charge is 0.484 e. The second kappa shape index (κ2) is 11.3. The Morgan fingerprint density at radius 1 is 0.969 bits per heavy atom. The Morgan fingerprint density at radius 3 is 2.31 bits per heavy atom. The van der Waals surface area contributed by atoms with Crippen molar-refractivity contribution in [1.29, 1.82) is 0 Å². The molecule has 8 heteroatoms. The number of halogens is 2. The van der Waals surface area contributed by atoms with Gasteiger partial charge in [-0.1, -0.05) is 42.3 Å². The lowest BCUT2D eigenvalue weighted by atomic mass is 10.2. The molecule has 6 nitrogen and oxygen atoms in total. The molecule has 0 saturated heterocycles. The molecule has 0 aliphatic heterocycles. The van der Waals surface area contributed by atoms with Crippen LogP contribution in [0.25, 0.3) is 0 Å². The third-order valence-electron chi connectivity index (χ3n) is 4.35. The van der Waals surface area contributed by atoms with Crippen molar-refractivity contribution in [3.8, 4) is 11.5 Å². The van der Waals surface area contributed by atoms with Crippen LogP contribution >= 0.6 is 23.2 Å². The molecule has 0 aromatic heterocycles. The van der Waals surface area contributed by atoms with Gasteiger partial charge in [-0.3, -0.25) is 4.79 Å². The Morgan fingerprint density at radius 2 is 1.66 bits per heavy atom. The molecule has 164 valence electrons. The molecule has 0 saturated carbocycles. The van der Waals surface area contributed by atoms with Gasteiger partial charge in [0.25, 0.3) is 5.91 Å². The molecule has 0 spiro atoms. The summed E-state index contributed by atoms with van der Waals surface area (Å²) in [4.78, 5) is 24.1. The van der Waals surface area contributed by atoms with Gasteiger partial charge in [0.1, 0.15) is 11.5 Å². The highest BCUT2D eigenvalue weighted by Crippen LogP contribution is 2.23. The lowest BCUT2D eigenvalue weighted by Gasteiger charge is -2.06. The average Bonchev–Trinajstić information content (AvgIpc) is 2.79. The fourth-order valence-electron chi connectivity index (χ4n) is 2.62. The number of esters is 1. The number of nitrogens with zero attached hydrogens (tertiary/aromatic N) is 1. The van der Waals surface area contributed by atoms with E-state index >= 15 is 0 Å². The van der Waals surface area contributed by atoms with Crippen LogP contribution in [-0.2, 0) is 11.2 Å². The molecule has 3 aromatic carbocycles. The van der Waals surface area contributed by atoms with Gasteiger partial charge in [0.2, 0.25) is 0 Å². The van der Waals surface area contributed by atoms with Crippen LogP contribution < -0.4 is 14.9 Å². The zero-order valence-electron chi connectivity index (χ0n) is 17.2. The van der Waals surface area contributed by atoms with Gasteiger partial charge >= 0.3 is 5.97 Å². The number of amides is 1. The Kier molecular flexibility index (Phi) is 8.25. The van der Waals surface area contributed by atoms with Gasteiger partial charge in [-0.25, -0.2) is 10.2 Å². The Bertz CT molecular complexity index is 1110. The van der Waals surface area contributed by atoms with Crippen molar-refractivity contribution in [1.82, 2.24) is 5.43 Å². The summed E-state index contributed by atoms with van der Waals surface area (Å²) in [6.07, 6.45) is 2.41. The zero-order chi connectivity index (χ0) is 22.9. The molecule has 0 heterocycles. The molecule has 3 rings (SSSR count). The fraction of sp³-hybridized carbons (Fsp3) is 0.125. The van der Waals surface area contributed by atoms with Gasteiger partial charge < -0.3 is 9.47 Å². The maximum atomic E-state index is 12.2. The highest BCUT2D eigenvalue weighted by atomic mass is 35.5. The number of benzene rings is 3. The highest BCUT2D eigenvalue weighted by molar-refractivity contribution is 6.36. The van der Waals surface area contributed by atoms with E-state index in [4.69, 9.17) is 32.7 Å². The SMILES string of the molecule is CCc1ccc(OCC(=O)N/N=C/c2ccc(OC(=O)c3ccc(Cl)cc3Cl)cc2)cc1. The summed E-state index contributed by atoms with van der Waals surface area (Å²) in [5.41, 5.74) is 4.51. The molecule has 0 aliphatic carbocycles.